The van der Waals surface area contributed by atoms with Crippen LogP contribution in [0, 0.1) is 0 Å². The van der Waals surface area contributed by atoms with Gasteiger partial charge in [0.25, 0.3) is 0 Å². The van der Waals surface area contributed by atoms with Crippen molar-refractivity contribution in [2.75, 3.05) is 18.2 Å². The van der Waals surface area contributed by atoms with E-state index in [1.165, 1.54) is 13.2 Å². The molecule has 0 fully saturated rings. The number of carbonyl (C=O) groups excluding carboxylic acids is 1. The van der Waals surface area contributed by atoms with Gasteiger partial charge in [-0.05, 0) is 30.3 Å². The fourth-order valence-electron chi connectivity index (χ4n) is 1.55. The average Bonchev–Trinajstić information content (AvgIpc) is 2.39. The molecule has 3 N–H and O–H groups in total. The summed E-state index contributed by atoms with van der Waals surface area (Å²) in [5, 5.41) is 3.91. The maximum absolute atomic E-state index is 11.4. The Morgan fingerprint density at radius 2 is 1.90 bits per heavy atom. The van der Waals surface area contributed by atoms with E-state index in [0.717, 1.165) is 0 Å². The highest BCUT2D eigenvalue weighted by Gasteiger charge is 2.11. The molecule has 0 aliphatic carbocycles. The van der Waals surface area contributed by atoms with Crippen LogP contribution in [0.15, 0.2) is 30.3 Å². The zero-order chi connectivity index (χ0) is 14.7. The molecule has 0 atom stereocenters. The third-order valence-electron chi connectivity index (χ3n) is 2.45. The van der Waals surface area contributed by atoms with E-state index in [9.17, 15) is 4.79 Å². The first-order valence-corrected chi connectivity index (χ1v) is 6.33. The molecule has 2 aromatic rings. The lowest BCUT2D eigenvalue weighted by Crippen LogP contribution is -2.07. The minimum absolute atomic E-state index is 0.150. The Hall–Kier alpha value is -1.98. The van der Waals surface area contributed by atoms with Crippen molar-refractivity contribution in [2.24, 2.45) is 0 Å². The van der Waals surface area contributed by atoms with Gasteiger partial charge in [-0.25, -0.2) is 9.78 Å². The quantitative estimate of drug-likeness (QED) is 0.848. The fraction of sp³-hybridized carbons (Fsp3) is 0.0769. The number of ether oxygens (including phenoxy) is 1. The van der Waals surface area contributed by atoms with E-state index in [-0.39, 0.29) is 5.69 Å². The summed E-state index contributed by atoms with van der Waals surface area (Å²) >= 11 is 11.8. The molecule has 2 rings (SSSR count). The molecule has 0 spiro atoms. The van der Waals surface area contributed by atoms with Crippen molar-refractivity contribution in [3.05, 3.63) is 46.1 Å². The van der Waals surface area contributed by atoms with Gasteiger partial charge >= 0.3 is 5.97 Å². The Morgan fingerprint density at radius 3 is 2.50 bits per heavy atom. The van der Waals surface area contributed by atoms with Crippen molar-refractivity contribution in [3.63, 3.8) is 0 Å². The zero-order valence-electron chi connectivity index (χ0n) is 10.5. The molecule has 0 bridgehead atoms. The molecule has 0 amide bonds. The molecule has 0 saturated heterocycles. The number of nitrogen functional groups attached to an aromatic ring is 1. The number of hydrogen-bond acceptors (Lipinski definition) is 5. The summed E-state index contributed by atoms with van der Waals surface area (Å²) in [5.41, 5.74) is 6.96. The second-order valence-corrected chi connectivity index (χ2v) is 4.78. The van der Waals surface area contributed by atoms with Crippen LogP contribution in [-0.4, -0.2) is 18.1 Å². The van der Waals surface area contributed by atoms with Crippen LogP contribution in [0.3, 0.4) is 0 Å². The summed E-state index contributed by atoms with van der Waals surface area (Å²) in [5.74, 6) is -0.219. The van der Waals surface area contributed by atoms with E-state index in [0.29, 0.717) is 27.2 Å². The van der Waals surface area contributed by atoms with E-state index in [1.54, 1.807) is 24.3 Å². The first-order chi connectivity index (χ1) is 9.49. The molecule has 1 aromatic heterocycles. The largest absolute Gasteiger partial charge is 0.464 e. The van der Waals surface area contributed by atoms with Crippen LogP contribution >= 0.6 is 23.2 Å². The van der Waals surface area contributed by atoms with Crippen LogP contribution in [0.5, 0.6) is 0 Å². The van der Waals surface area contributed by atoms with E-state index >= 15 is 0 Å². The summed E-state index contributed by atoms with van der Waals surface area (Å²) in [6.45, 7) is 0. The molecule has 5 nitrogen and oxygen atoms in total. The average molecular weight is 312 g/mol. The molecule has 0 radical (unpaired) electrons. The summed E-state index contributed by atoms with van der Waals surface area (Å²) in [7, 11) is 1.28. The first-order valence-electron chi connectivity index (χ1n) is 5.57. The van der Waals surface area contributed by atoms with Gasteiger partial charge in [0.15, 0.2) is 11.5 Å². The molecule has 7 heteroatoms. The van der Waals surface area contributed by atoms with Crippen LogP contribution in [-0.2, 0) is 4.74 Å². The van der Waals surface area contributed by atoms with Gasteiger partial charge < -0.3 is 15.8 Å². The number of nitrogens with zero attached hydrogens (tertiary/aromatic N) is 1. The highest BCUT2D eigenvalue weighted by atomic mass is 35.5. The van der Waals surface area contributed by atoms with E-state index in [2.05, 4.69) is 15.0 Å². The smallest absolute Gasteiger partial charge is 0.356 e. The van der Waals surface area contributed by atoms with Gasteiger partial charge in [-0.3, -0.25) is 0 Å². The Kier molecular flexibility index (Phi) is 4.32. The molecular formula is C13H11Cl2N3O2. The molecule has 0 saturated carbocycles. The summed E-state index contributed by atoms with van der Waals surface area (Å²) in [6.07, 6.45) is 0. The standard InChI is InChI=1S/C13H11Cl2N3O2/c1-20-13(19)11-3-2-10(16)12(18-11)17-9-5-7(14)4-8(15)6-9/h2-6H,16H2,1H3,(H,17,18). The minimum Gasteiger partial charge on any atom is -0.464 e. The Bertz CT molecular complexity index is 642. The third-order valence-corrected chi connectivity index (χ3v) is 2.88. The number of esters is 1. The van der Waals surface area contributed by atoms with Gasteiger partial charge in [0.2, 0.25) is 0 Å². The molecule has 1 heterocycles. The first kappa shape index (κ1) is 14.4. The van der Waals surface area contributed by atoms with Crippen molar-refractivity contribution in [3.8, 4) is 0 Å². The molecule has 104 valence electrons. The second kappa shape index (κ2) is 5.98. The lowest BCUT2D eigenvalue weighted by atomic mass is 10.3. The predicted molar refractivity (Wildman–Crippen MR) is 79.7 cm³/mol. The molecular weight excluding hydrogens is 301 g/mol. The van der Waals surface area contributed by atoms with Crippen molar-refractivity contribution in [1.29, 1.82) is 0 Å². The van der Waals surface area contributed by atoms with Gasteiger partial charge in [-0.2, -0.15) is 0 Å². The Labute approximate surface area is 125 Å². The zero-order valence-corrected chi connectivity index (χ0v) is 12.0. The van der Waals surface area contributed by atoms with Crippen LogP contribution < -0.4 is 11.1 Å². The van der Waals surface area contributed by atoms with Crippen molar-refractivity contribution >= 4 is 46.4 Å². The molecule has 0 aliphatic heterocycles. The van der Waals surface area contributed by atoms with Crippen molar-refractivity contribution in [2.45, 2.75) is 0 Å². The number of aromatic nitrogens is 1. The summed E-state index contributed by atoms with van der Waals surface area (Å²) in [4.78, 5) is 15.5. The van der Waals surface area contributed by atoms with Crippen LogP contribution in [0.4, 0.5) is 17.2 Å². The monoisotopic (exact) mass is 311 g/mol. The number of methoxy groups -OCH3 is 1. The van der Waals surface area contributed by atoms with Crippen LogP contribution in [0.25, 0.3) is 0 Å². The minimum atomic E-state index is -0.544. The number of rotatable bonds is 3. The number of halogens is 2. The Balaban J connectivity index is 2.34. The van der Waals surface area contributed by atoms with Crippen LogP contribution in [0.2, 0.25) is 10.0 Å². The van der Waals surface area contributed by atoms with E-state index < -0.39 is 5.97 Å². The number of nitrogens with one attached hydrogen (secondary N) is 1. The van der Waals surface area contributed by atoms with Crippen LogP contribution in [0.1, 0.15) is 10.5 Å². The highest BCUT2D eigenvalue weighted by molar-refractivity contribution is 6.35. The second-order valence-electron chi connectivity index (χ2n) is 3.91. The van der Waals surface area contributed by atoms with Crippen molar-refractivity contribution in [1.82, 2.24) is 4.98 Å². The topological polar surface area (TPSA) is 77.2 Å². The summed E-state index contributed by atoms with van der Waals surface area (Å²) in [6, 6.07) is 7.99. The van der Waals surface area contributed by atoms with Gasteiger partial charge in [0.1, 0.15) is 0 Å². The SMILES string of the molecule is COC(=O)c1ccc(N)c(Nc2cc(Cl)cc(Cl)c2)n1. The third kappa shape index (κ3) is 3.31. The lowest BCUT2D eigenvalue weighted by Gasteiger charge is -2.10. The van der Waals surface area contributed by atoms with Gasteiger partial charge in [0.05, 0.1) is 12.8 Å². The number of hydrogen-bond donors (Lipinski definition) is 2. The maximum atomic E-state index is 11.4. The number of anilines is 3. The number of nitrogens with two attached hydrogens (primary N) is 1. The normalized spacial score (nSPS) is 10.2. The number of pyridine rings is 1. The Morgan fingerprint density at radius 1 is 1.25 bits per heavy atom. The lowest BCUT2D eigenvalue weighted by molar-refractivity contribution is 0.0594. The van der Waals surface area contributed by atoms with Crippen molar-refractivity contribution < 1.29 is 9.53 Å². The molecule has 0 unspecified atom stereocenters. The molecule has 1 aromatic carbocycles. The predicted octanol–water partition coefficient (Wildman–Crippen LogP) is 3.50. The maximum Gasteiger partial charge on any atom is 0.356 e. The van der Waals surface area contributed by atoms with Gasteiger partial charge in [-0.15, -0.1) is 0 Å². The number of carbonyl (C=O) groups is 1. The molecule has 0 aliphatic rings. The molecule has 20 heavy (non-hydrogen) atoms. The van der Waals surface area contributed by atoms with Gasteiger partial charge in [-0.1, -0.05) is 23.2 Å². The highest BCUT2D eigenvalue weighted by Crippen LogP contribution is 2.27. The van der Waals surface area contributed by atoms with E-state index in [4.69, 9.17) is 28.9 Å². The fourth-order valence-corrected chi connectivity index (χ4v) is 2.08. The number of benzene rings is 1. The summed E-state index contributed by atoms with van der Waals surface area (Å²) < 4.78 is 4.61. The van der Waals surface area contributed by atoms with E-state index in [1.807, 2.05) is 0 Å². The van der Waals surface area contributed by atoms with Gasteiger partial charge in [0, 0.05) is 15.7 Å².